The normalized spacial score (nSPS) is 42.2. The zero-order valence-corrected chi connectivity index (χ0v) is 15.2. The van der Waals surface area contributed by atoms with Crippen molar-refractivity contribution in [1.82, 2.24) is 10.2 Å². The number of aliphatic hydroxyl groups excluding tert-OH is 1. The first-order valence-electron chi connectivity index (χ1n) is 9.68. The van der Waals surface area contributed by atoms with Crippen molar-refractivity contribution >= 4 is 12.0 Å². The van der Waals surface area contributed by atoms with E-state index in [9.17, 15) is 14.7 Å². The van der Waals surface area contributed by atoms with Crippen molar-refractivity contribution in [3.63, 3.8) is 0 Å². The summed E-state index contributed by atoms with van der Waals surface area (Å²) in [5.74, 6) is 2.75. The molecule has 0 radical (unpaired) electrons. The van der Waals surface area contributed by atoms with E-state index in [1.165, 1.54) is 7.11 Å². The van der Waals surface area contributed by atoms with Crippen LogP contribution in [0.5, 0.6) is 0 Å². The van der Waals surface area contributed by atoms with Crippen LogP contribution in [0, 0.1) is 35.0 Å². The fourth-order valence-corrected chi connectivity index (χ4v) is 6.13. The summed E-state index contributed by atoms with van der Waals surface area (Å²) < 4.78 is 4.57. The lowest BCUT2D eigenvalue weighted by molar-refractivity contribution is -0.172. The number of hydrogen-bond acceptors (Lipinski definition) is 4. The number of aliphatic hydroxyl groups is 1. The molecule has 0 aromatic carbocycles. The minimum absolute atomic E-state index is 0.0915. The Morgan fingerprint density at radius 3 is 2.24 bits per heavy atom. The van der Waals surface area contributed by atoms with Crippen molar-refractivity contribution in [3.05, 3.63) is 0 Å². The van der Waals surface area contributed by atoms with E-state index in [1.807, 2.05) is 4.90 Å². The summed E-state index contributed by atoms with van der Waals surface area (Å²) in [6.45, 7) is 4.36. The molecular formula is C19H30N2O4. The lowest BCUT2D eigenvalue weighted by Crippen LogP contribution is -2.59. The van der Waals surface area contributed by atoms with Crippen molar-refractivity contribution in [2.45, 2.75) is 45.1 Å². The van der Waals surface area contributed by atoms with Gasteiger partial charge in [0.25, 0.3) is 0 Å². The average Bonchev–Trinajstić information content (AvgIpc) is 2.51. The predicted octanol–water partition coefficient (Wildman–Crippen LogP) is 1.62. The maximum absolute atomic E-state index is 12.8. The average molecular weight is 350 g/mol. The van der Waals surface area contributed by atoms with Crippen LogP contribution < -0.4 is 5.32 Å². The molecule has 0 aromatic rings. The van der Waals surface area contributed by atoms with E-state index in [1.54, 1.807) is 0 Å². The Morgan fingerprint density at radius 2 is 1.72 bits per heavy atom. The van der Waals surface area contributed by atoms with Gasteiger partial charge < -0.3 is 20.1 Å². The molecule has 0 unspecified atom stereocenters. The van der Waals surface area contributed by atoms with Crippen LogP contribution in [0.15, 0.2) is 0 Å². The minimum atomic E-state index is -0.409. The first-order valence-corrected chi connectivity index (χ1v) is 9.68. The summed E-state index contributed by atoms with van der Waals surface area (Å²) >= 11 is 0. The molecule has 140 valence electrons. The first-order chi connectivity index (χ1) is 11.9. The second-order valence-corrected chi connectivity index (χ2v) is 9.07. The Morgan fingerprint density at radius 1 is 1.16 bits per heavy atom. The molecule has 4 saturated carbocycles. The highest BCUT2D eigenvalue weighted by molar-refractivity contribution is 5.78. The molecule has 6 nitrogen and oxygen atoms in total. The molecule has 5 aliphatic rings. The van der Waals surface area contributed by atoms with Gasteiger partial charge in [0.15, 0.2) is 0 Å². The SMILES string of the molecule is COC(=O)NCC1CN(C(=O)CC2(C)C3CC4CC2CC(C3)C4O)C1. The van der Waals surface area contributed by atoms with E-state index in [2.05, 4.69) is 17.0 Å². The zero-order valence-electron chi connectivity index (χ0n) is 15.2. The van der Waals surface area contributed by atoms with Crippen molar-refractivity contribution in [1.29, 1.82) is 0 Å². The van der Waals surface area contributed by atoms with Gasteiger partial charge in [0.2, 0.25) is 5.91 Å². The summed E-state index contributed by atoms with van der Waals surface area (Å²) in [7, 11) is 1.36. The monoisotopic (exact) mass is 350 g/mol. The highest BCUT2D eigenvalue weighted by Crippen LogP contribution is 2.63. The maximum Gasteiger partial charge on any atom is 0.406 e. The molecule has 4 bridgehead atoms. The number of nitrogens with one attached hydrogen (secondary N) is 1. The van der Waals surface area contributed by atoms with Gasteiger partial charge in [-0.3, -0.25) is 4.79 Å². The Labute approximate surface area is 149 Å². The number of carbonyl (C=O) groups excluding carboxylic acids is 2. The predicted molar refractivity (Wildman–Crippen MR) is 91.6 cm³/mol. The third-order valence-corrected chi connectivity index (χ3v) is 7.74. The Hall–Kier alpha value is -1.30. The second-order valence-electron chi connectivity index (χ2n) is 9.07. The van der Waals surface area contributed by atoms with Crippen molar-refractivity contribution in [2.75, 3.05) is 26.7 Å². The summed E-state index contributed by atoms with van der Waals surface area (Å²) in [5, 5.41) is 13.0. The van der Waals surface area contributed by atoms with Crippen LogP contribution in [-0.2, 0) is 9.53 Å². The molecule has 5 fully saturated rings. The molecule has 4 aliphatic carbocycles. The zero-order chi connectivity index (χ0) is 17.8. The molecule has 2 N–H and O–H groups in total. The standard InChI is InChI=1S/C19H30N2O4/c1-19(14-3-12-4-15(19)6-13(5-14)17(12)23)7-16(22)21-9-11(10-21)8-20-18(24)25-2/h11-15,17,23H,3-10H2,1-2H3,(H,20,24). The third-order valence-electron chi connectivity index (χ3n) is 7.74. The molecular weight excluding hydrogens is 320 g/mol. The quantitative estimate of drug-likeness (QED) is 0.808. The molecule has 1 heterocycles. The van der Waals surface area contributed by atoms with Crippen LogP contribution in [0.2, 0.25) is 0 Å². The van der Waals surface area contributed by atoms with Gasteiger partial charge in [-0.25, -0.2) is 4.79 Å². The fourth-order valence-electron chi connectivity index (χ4n) is 6.13. The number of ether oxygens (including phenoxy) is 1. The van der Waals surface area contributed by atoms with Crippen LogP contribution in [0.3, 0.4) is 0 Å². The lowest BCUT2D eigenvalue weighted by Gasteiger charge is -2.62. The molecule has 6 heteroatoms. The fraction of sp³-hybridized carbons (Fsp3) is 0.895. The molecule has 0 aromatic heterocycles. The number of amides is 2. The van der Waals surface area contributed by atoms with Crippen molar-refractivity contribution in [3.8, 4) is 0 Å². The van der Waals surface area contributed by atoms with Gasteiger partial charge in [0, 0.05) is 32.0 Å². The van der Waals surface area contributed by atoms with E-state index in [0.29, 0.717) is 42.6 Å². The van der Waals surface area contributed by atoms with Gasteiger partial charge in [-0.15, -0.1) is 0 Å². The van der Waals surface area contributed by atoms with E-state index in [4.69, 9.17) is 0 Å². The van der Waals surface area contributed by atoms with Crippen LogP contribution in [-0.4, -0.2) is 54.9 Å². The maximum atomic E-state index is 12.8. The van der Waals surface area contributed by atoms with Gasteiger partial charge in [0.05, 0.1) is 13.2 Å². The summed E-state index contributed by atoms with van der Waals surface area (Å²) in [6.07, 6.45) is 4.55. The number of carbonyl (C=O) groups is 2. The number of rotatable bonds is 4. The molecule has 25 heavy (non-hydrogen) atoms. The number of nitrogens with zero attached hydrogens (tertiary/aromatic N) is 1. The topological polar surface area (TPSA) is 78.9 Å². The van der Waals surface area contributed by atoms with Crippen LogP contribution >= 0.6 is 0 Å². The number of likely N-dealkylation sites (tertiary alicyclic amines) is 1. The molecule has 2 amide bonds. The summed E-state index contributed by atoms with van der Waals surface area (Å²) in [4.78, 5) is 25.8. The van der Waals surface area contributed by atoms with Crippen molar-refractivity contribution in [2.24, 2.45) is 35.0 Å². The summed E-state index contributed by atoms with van der Waals surface area (Å²) in [5.41, 5.74) is 0.111. The van der Waals surface area contributed by atoms with Crippen molar-refractivity contribution < 1.29 is 19.4 Å². The largest absolute Gasteiger partial charge is 0.453 e. The molecule has 0 spiro atoms. The van der Waals surface area contributed by atoms with Gasteiger partial charge in [-0.1, -0.05) is 6.92 Å². The van der Waals surface area contributed by atoms with Crippen LogP contribution in [0.4, 0.5) is 4.79 Å². The third kappa shape index (κ3) is 2.82. The Kier molecular flexibility index (Phi) is 4.21. The number of hydrogen-bond donors (Lipinski definition) is 2. The van der Waals surface area contributed by atoms with Crippen LogP contribution in [0.1, 0.15) is 39.0 Å². The first kappa shape index (κ1) is 17.1. The highest BCUT2D eigenvalue weighted by atomic mass is 16.5. The smallest absolute Gasteiger partial charge is 0.406 e. The number of alkyl carbamates (subject to hydrolysis) is 1. The molecule has 1 aliphatic heterocycles. The second kappa shape index (κ2) is 6.15. The van der Waals surface area contributed by atoms with E-state index in [0.717, 1.165) is 38.8 Å². The lowest BCUT2D eigenvalue weighted by atomic mass is 9.44. The van der Waals surface area contributed by atoms with E-state index in [-0.39, 0.29) is 17.4 Å². The van der Waals surface area contributed by atoms with E-state index < -0.39 is 6.09 Å². The van der Waals surface area contributed by atoms with Crippen LogP contribution in [0.25, 0.3) is 0 Å². The molecule has 5 rings (SSSR count). The Bertz CT molecular complexity index is 528. The van der Waals surface area contributed by atoms with Gasteiger partial charge in [-0.2, -0.15) is 0 Å². The molecule has 1 saturated heterocycles. The Balaban J connectivity index is 1.30. The van der Waals surface area contributed by atoms with E-state index >= 15 is 0 Å². The minimum Gasteiger partial charge on any atom is -0.453 e. The highest BCUT2D eigenvalue weighted by Gasteiger charge is 2.58. The van der Waals surface area contributed by atoms with Gasteiger partial charge in [0.1, 0.15) is 0 Å². The van der Waals surface area contributed by atoms with Gasteiger partial charge >= 0.3 is 6.09 Å². The number of methoxy groups -OCH3 is 1. The molecule has 0 atom stereocenters. The summed E-state index contributed by atoms with van der Waals surface area (Å²) in [6, 6.07) is 0. The van der Waals surface area contributed by atoms with Gasteiger partial charge in [-0.05, 0) is 54.8 Å².